The maximum absolute atomic E-state index is 12.4. The van der Waals surface area contributed by atoms with Gasteiger partial charge in [-0.2, -0.15) is 0 Å². The molecule has 5 nitrogen and oxygen atoms in total. The van der Waals surface area contributed by atoms with E-state index in [0.29, 0.717) is 17.6 Å². The molecule has 1 aromatic carbocycles. The molecule has 2 heterocycles. The maximum Gasteiger partial charge on any atom is 0.260 e. The summed E-state index contributed by atoms with van der Waals surface area (Å²) < 4.78 is 16.5. The van der Waals surface area contributed by atoms with Crippen molar-refractivity contribution in [1.82, 2.24) is 4.90 Å². The smallest absolute Gasteiger partial charge is 0.260 e. The summed E-state index contributed by atoms with van der Waals surface area (Å²) in [6.45, 7) is 4.10. The van der Waals surface area contributed by atoms with Crippen molar-refractivity contribution in [2.75, 3.05) is 32.1 Å². The monoisotopic (exact) mass is 361 g/mol. The molecule has 0 radical (unpaired) electrons. The van der Waals surface area contributed by atoms with Crippen LogP contribution in [0.5, 0.6) is 11.5 Å². The summed E-state index contributed by atoms with van der Waals surface area (Å²) in [5, 5.41) is 0.319. The summed E-state index contributed by atoms with van der Waals surface area (Å²) in [7, 11) is 0. The Bertz CT molecular complexity index is 657. The van der Waals surface area contributed by atoms with Crippen molar-refractivity contribution in [1.29, 1.82) is 0 Å². The molecule has 0 spiro atoms. The molecule has 1 aliphatic rings. The van der Waals surface area contributed by atoms with E-state index in [1.807, 2.05) is 60.0 Å². The molecule has 1 unspecified atom stereocenters. The number of carbonyl (C=O) groups excluding carboxylic acids is 1. The number of hydrogen-bond acceptors (Lipinski definition) is 5. The van der Waals surface area contributed by atoms with Gasteiger partial charge >= 0.3 is 0 Å². The van der Waals surface area contributed by atoms with E-state index in [2.05, 4.69) is 0 Å². The van der Waals surface area contributed by atoms with Gasteiger partial charge in [0.25, 0.3) is 5.91 Å². The molecule has 134 valence electrons. The molecule has 0 aliphatic carbocycles. The van der Waals surface area contributed by atoms with Gasteiger partial charge in [0, 0.05) is 18.8 Å². The Labute approximate surface area is 152 Å². The van der Waals surface area contributed by atoms with Crippen LogP contribution >= 0.6 is 11.8 Å². The molecule has 0 saturated carbocycles. The highest BCUT2D eigenvalue weighted by Crippen LogP contribution is 2.34. The predicted molar refractivity (Wildman–Crippen MR) is 98.2 cm³/mol. The lowest BCUT2D eigenvalue weighted by molar-refractivity contribution is -0.133. The molecule has 1 atom stereocenters. The van der Waals surface area contributed by atoms with Gasteiger partial charge < -0.3 is 18.8 Å². The first-order chi connectivity index (χ1) is 12.3. The van der Waals surface area contributed by atoms with E-state index in [1.165, 1.54) is 0 Å². The molecule has 1 saturated heterocycles. The van der Waals surface area contributed by atoms with E-state index in [0.717, 1.165) is 36.8 Å². The van der Waals surface area contributed by atoms with Crippen LogP contribution in [0.3, 0.4) is 0 Å². The van der Waals surface area contributed by atoms with Gasteiger partial charge in [0.15, 0.2) is 6.61 Å². The van der Waals surface area contributed by atoms with Crippen molar-refractivity contribution in [3.05, 3.63) is 48.4 Å². The quantitative estimate of drug-likeness (QED) is 0.784. The summed E-state index contributed by atoms with van der Waals surface area (Å²) in [6.07, 6.45) is 2.60. The fraction of sp³-hybridized carbons (Fsp3) is 0.421. The van der Waals surface area contributed by atoms with E-state index in [9.17, 15) is 4.79 Å². The number of thioether (sulfide) groups is 1. The summed E-state index contributed by atoms with van der Waals surface area (Å²) in [5.41, 5.74) is 0. The molecular formula is C19H23NO4S. The van der Waals surface area contributed by atoms with Gasteiger partial charge in [-0.15, -0.1) is 11.8 Å². The number of benzene rings is 1. The number of ether oxygens (including phenoxy) is 2. The zero-order valence-electron chi connectivity index (χ0n) is 14.3. The Morgan fingerprint density at radius 3 is 2.64 bits per heavy atom. The zero-order chi connectivity index (χ0) is 17.5. The third-order valence-corrected chi connectivity index (χ3v) is 5.34. The molecule has 1 fully saturated rings. The lowest BCUT2D eigenvalue weighted by Gasteiger charge is -2.20. The van der Waals surface area contributed by atoms with E-state index in [1.54, 1.807) is 6.26 Å². The number of hydrogen-bond donors (Lipinski definition) is 0. The first kappa shape index (κ1) is 17.7. The minimum absolute atomic E-state index is 0.0228. The van der Waals surface area contributed by atoms with E-state index >= 15 is 0 Å². The molecule has 25 heavy (non-hydrogen) atoms. The Morgan fingerprint density at radius 2 is 1.96 bits per heavy atom. The average molecular weight is 361 g/mol. The second-order valence-corrected chi connectivity index (χ2v) is 7.05. The van der Waals surface area contributed by atoms with Crippen molar-refractivity contribution in [2.24, 2.45) is 0 Å². The minimum Gasteiger partial charge on any atom is -0.494 e. The molecule has 3 rings (SSSR count). The summed E-state index contributed by atoms with van der Waals surface area (Å²) in [6, 6.07) is 11.3. The number of amides is 1. The van der Waals surface area contributed by atoms with Crippen LogP contribution in [-0.2, 0) is 4.79 Å². The van der Waals surface area contributed by atoms with Crippen LogP contribution < -0.4 is 9.47 Å². The van der Waals surface area contributed by atoms with Crippen LogP contribution in [0.4, 0.5) is 0 Å². The lowest BCUT2D eigenvalue weighted by atomic mass is 10.2. The third-order valence-electron chi connectivity index (χ3n) is 4.05. The van der Waals surface area contributed by atoms with Gasteiger partial charge in [0.2, 0.25) is 0 Å². The van der Waals surface area contributed by atoms with Gasteiger partial charge in [-0.05, 0) is 49.7 Å². The fourth-order valence-corrected chi connectivity index (χ4v) is 3.94. The average Bonchev–Trinajstić information content (AvgIpc) is 3.06. The third kappa shape index (κ3) is 4.95. The molecule has 0 N–H and O–H groups in total. The van der Waals surface area contributed by atoms with Crippen molar-refractivity contribution < 1.29 is 18.7 Å². The molecular weight excluding hydrogens is 338 g/mol. The van der Waals surface area contributed by atoms with Crippen molar-refractivity contribution in [3.63, 3.8) is 0 Å². The zero-order valence-corrected chi connectivity index (χ0v) is 15.2. The normalized spacial score (nSPS) is 17.8. The lowest BCUT2D eigenvalue weighted by Crippen LogP contribution is -2.36. The molecule has 1 amide bonds. The van der Waals surface area contributed by atoms with Crippen molar-refractivity contribution in [3.8, 4) is 11.5 Å². The van der Waals surface area contributed by atoms with Crippen LogP contribution in [0.25, 0.3) is 0 Å². The second-order valence-electron chi connectivity index (χ2n) is 5.74. The van der Waals surface area contributed by atoms with E-state index < -0.39 is 0 Å². The Balaban J connectivity index is 1.48. The molecule has 1 aromatic heterocycles. The Hall–Kier alpha value is -2.08. The van der Waals surface area contributed by atoms with Crippen molar-refractivity contribution >= 4 is 17.7 Å². The van der Waals surface area contributed by atoms with E-state index in [4.69, 9.17) is 13.9 Å². The minimum atomic E-state index is 0.0228. The van der Waals surface area contributed by atoms with Crippen LogP contribution in [0.2, 0.25) is 0 Å². The number of furan rings is 1. The molecule has 0 bridgehead atoms. The predicted octanol–water partition coefficient (Wildman–Crippen LogP) is 3.76. The van der Waals surface area contributed by atoms with Gasteiger partial charge in [-0.3, -0.25) is 4.79 Å². The van der Waals surface area contributed by atoms with E-state index in [-0.39, 0.29) is 12.5 Å². The van der Waals surface area contributed by atoms with Crippen LogP contribution in [0.1, 0.15) is 24.4 Å². The number of nitrogens with zero attached hydrogens (tertiary/aromatic N) is 1. The van der Waals surface area contributed by atoms with Gasteiger partial charge in [-0.25, -0.2) is 0 Å². The maximum atomic E-state index is 12.4. The first-order valence-corrected chi connectivity index (χ1v) is 9.59. The first-order valence-electron chi connectivity index (χ1n) is 8.54. The molecule has 2 aromatic rings. The van der Waals surface area contributed by atoms with Gasteiger partial charge in [0.1, 0.15) is 17.3 Å². The largest absolute Gasteiger partial charge is 0.494 e. The Morgan fingerprint density at radius 1 is 1.20 bits per heavy atom. The van der Waals surface area contributed by atoms with Crippen LogP contribution in [-0.4, -0.2) is 42.9 Å². The van der Waals surface area contributed by atoms with Crippen LogP contribution in [0.15, 0.2) is 47.1 Å². The Kier molecular flexibility index (Phi) is 6.28. The summed E-state index contributed by atoms with van der Waals surface area (Å²) >= 11 is 1.84. The highest BCUT2D eigenvalue weighted by molar-refractivity contribution is 7.99. The van der Waals surface area contributed by atoms with Gasteiger partial charge in [-0.1, -0.05) is 0 Å². The van der Waals surface area contributed by atoms with Crippen molar-refractivity contribution in [2.45, 2.75) is 18.6 Å². The standard InChI is InChI=1S/C19H23NO4S/c1-2-22-15-5-7-16(8-6-15)24-14-19(21)20-10-9-18(25-13-11-20)17-4-3-12-23-17/h3-8,12,18H,2,9-11,13-14H2,1H3. The molecule has 6 heteroatoms. The SMILES string of the molecule is CCOc1ccc(OCC(=O)N2CCSC(c3ccco3)CC2)cc1. The summed E-state index contributed by atoms with van der Waals surface area (Å²) in [4.78, 5) is 14.3. The van der Waals surface area contributed by atoms with Gasteiger partial charge in [0.05, 0.1) is 18.1 Å². The molecule has 1 aliphatic heterocycles. The highest BCUT2D eigenvalue weighted by atomic mass is 32.2. The number of carbonyl (C=O) groups is 1. The number of rotatable bonds is 6. The fourth-order valence-electron chi connectivity index (χ4n) is 2.76. The summed E-state index contributed by atoms with van der Waals surface area (Å²) in [5.74, 6) is 3.39. The second kappa shape index (κ2) is 8.85. The van der Waals surface area contributed by atoms with Crippen LogP contribution in [0, 0.1) is 0 Å². The highest BCUT2D eigenvalue weighted by Gasteiger charge is 2.23. The topological polar surface area (TPSA) is 51.9 Å².